The van der Waals surface area contributed by atoms with Gasteiger partial charge in [-0.25, -0.2) is 0 Å². The van der Waals surface area contributed by atoms with Crippen LogP contribution < -0.4 is 0 Å². The van der Waals surface area contributed by atoms with Crippen molar-refractivity contribution in [3.8, 4) is 0 Å². The van der Waals surface area contributed by atoms with E-state index in [2.05, 4.69) is 17.2 Å². The first kappa shape index (κ1) is 22.1. The SMILES string of the molecule is CCOC(=O)[C@]1(CCCc2ccccc2)CCCN(C(=O)CCc2cnn(C)c2)C1. The number of likely N-dealkylation sites (tertiary alicyclic amines) is 1. The number of hydrogen-bond acceptors (Lipinski definition) is 4. The summed E-state index contributed by atoms with van der Waals surface area (Å²) in [6.45, 7) is 3.39. The lowest BCUT2D eigenvalue weighted by molar-refractivity contribution is -0.161. The summed E-state index contributed by atoms with van der Waals surface area (Å²) in [4.78, 5) is 27.7. The zero-order chi connectivity index (χ0) is 21.4. The lowest BCUT2D eigenvalue weighted by atomic mass is 9.75. The molecule has 1 aromatic heterocycles. The molecule has 0 unspecified atom stereocenters. The van der Waals surface area contributed by atoms with Gasteiger partial charge in [-0.05, 0) is 56.6 Å². The molecule has 0 saturated carbocycles. The third-order valence-corrected chi connectivity index (χ3v) is 5.99. The summed E-state index contributed by atoms with van der Waals surface area (Å²) in [7, 11) is 1.87. The fraction of sp³-hybridized carbons (Fsp3) is 0.542. The van der Waals surface area contributed by atoms with Crippen LogP contribution in [0.1, 0.15) is 50.2 Å². The molecule has 6 heteroatoms. The van der Waals surface area contributed by atoms with Crippen LogP contribution in [0.2, 0.25) is 0 Å². The van der Waals surface area contributed by atoms with Crippen LogP contribution in [0.3, 0.4) is 0 Å². The van der Waals surface area contributed by atoms with Crippen molar-refractivity contribution in [2.45, 2.75) is 51.9 Å². The molecular weight excluding hydrogens is 378 g/mol. The lowest BCUT2D eigenvalue weighted by Crippen LogP contribution is -2.50. The van der Waals surface area contributed by atoms with Gasteiger partial charge < -0.3 is 9.64 Å². The van der Waals surface area contributed by atoms with E-state index in [1.165, 1.54) is 5.56 Å². The topological polar surface area (TPSA) is 64.4 Å². The number of esters is 1. The molecule has 0 aliphatic carbocycles. The third kappa shape index (κ3) is 5.71. The van der Waals surface area contributed by atoms with Crippen LogP contribution in [0, 0.1) is 5.41 Å². The molecule has 0 bridgehead atoms. The Kier molecular flexibility index (Phi) is 7.66. The third-order valence-electron chi connectivity index (χ3n) is 5.99. The van der Waals surface area contributed by atoms with E-state index in [-0.39, 0.29) is 11.9 Å². The van der Waals surface area contributed by atoms with E-state index >= 15 is 0 Å². The van der Waals surface area contributed by atoms with Crippen molar-refractivity contribution in [3.05, 3.63) is 53.9 Å². The number of aromatic nitrogens is 2. The zero-order valence-electron chi connectivity index (χ0n) is 18.2. The average molecular weight is 412 g/mol. The van der Waals surface area contributed by atoms with Gasteiger partial charge in [0.25, 0.3) is 0 Å². The number of nitrogens with zero attached hydrogens (tertiary/aromatic N) is 3. The molecule has 30 heavy (non-hydrogen) atoms. The van der Waals surface area contributed by atoms with Gasteiger partial charge in [0.05, 0.1) is 18.2 Å². The van der Waals surface area contributed by atoms with Crippen LogP contribution in [0.4, 0.5) is 0 Å². The predicted octanol–water partition coefficient (Wildman–Crippen LogP) is 3.55. The van der Waals surface area contributed by atoms with Gasteiger partial charge in [-0.2, -0.15) is 5.10 Å². The van der Waals surface area contributed by atoms with Crippen molar-refractivity contribution in [1.82, 2.24) is 14.7 Å². The monoisotopic (exact) mass is 411 g/mol. The van der Waals surface area contributed by atoms with Crippen molar-refractivity contribution in [1.29, 1.82) is 0 Å². The number of hydrogen-bond donors (Lipinski definition) is 0. The minimum Gasteiger partial charge on any atom is -0.466 e. The Bertz CT molecular complexity index is 833. The molecule has 1 amide bonds. The number of amides is 1. The number of piperidine rings is 1. The van der Waals surface area contributed by atoms with Crippen LogP contribution in [-0.4, -0.2) is 46.3 Å². The quantitative estimate of drug-likeness (QED) is 0.592. The molecule has 1 fully saturated rings. The summed E-state index contributed by atoms with van der Waals surface area (Å²) in [5.74, 6) is -0.0434. The van der Waals surface area contributed by atoms with E-state index in [0.717, 1.165) is 37.7 Å². The first-order valence-electron chi connectivity index (χ1n) is 11.0. The highest BCUT2D eigenvalue weighted by molar-refractivity contribution is 5.81. The second-order valence-corrected chi connectivity index (χ2v) is 8.28. The number of aryl methyl sites for hydroxylation is 3. The van der Waals surface area contributed by atoms with Crippen molar-refractivity contribution in [2.24, 2.45) is 12.5 Å². The largest absolute Gasteiger partial charge is 0.466 e. The molecule has 0 N–H and O–H groups in total. The van der Waals surface area contributed by atoms with Crippen LogP contribution in [0.5, 0.6) is 0 Å². The highest BCUT2D eigenvalue weighted by Gasteiger charge is 2.44. The summed E-state index contributed by atoms with van der Waals surface area (Å²) >= 11 is 0. The van der Waals surface area contributed by atoms with Gasteiger partial charge in [0.1, 0.15) is 0 Å². The summed E-state index contributed by atoms with van der Waals surface area (Å²) in [5.41, 5.74) is 1.74. The molecular formula is C24H33N3O3. The molecule has 1 aliphatic heterocycles. The first-order valence-corrected chi connectivity index (χ1v) is 11.0. The van der Waals surface area contributed by atoms with E-state index in [1.807, 2.05) is 43.3 Å². The number of benzene rings is 1. The molecule has 0 spiro atoms. The molecule has 1 saturated heterocycles. The minimum absolute atomic E-state index is 0.107. The standard InChI is InChI=1S/C24H33N3O3/c1-3-30-23(29)24(14-7-11-20-9-5-4-6-10-20)15-8-16-27(19-24)22(28)13-12-21-17-25-26(2)18-21/h4-6,9-10,17-18H,3,7-8,11-16,19H2,1-2H3/t24-/m1/s1. The van der Waals surface area contributed by atoms with Gasteiger partial charge >= 0.3 is 5.97 Å². The molecule has 2 aromatic rings. The second kappa shape index (κ2) is 10.4. The highest BCUT2D eigenvalue weighted by Crippen LogP contribution is 2.37. The van der Waals surface area contributed by atoms with Gasteiger partial charge in [0, 0.05) is 32.8 Å². The van der Waals surface area contributed by atoms with E-state index in [1.54, 1.807) is 10.9 Å². The number of carbonyl (C=O) groups is 2. The number of rotatable bonds is 9. The van der Waals surface area contributed by atoms with E-state index in [0.29, 0.717) is 32.5 Å². The summed E-state index contributed by atoms with van der Waals surface area (Å²) < 4.78 is 7.21. The van der Waals surface area contributed by atoms with Crippen LogP contribution in [0.25, 0.3) is 0 Å². The molecule has 6 nitrogen and oxygen atoms in total. The Balaban J connectivity index is 1.62. The Labute approximate surface area is 179 Å². The van der Waals surface area contributed by atoms with Crippen molar-refractivity contribution < 1.29 is 14.3 Å². The fourth-order valence-electron chi connectivity index (χ4n) is 4.39. The molecule has 1 aromatic carbocycles. The maximum absolute atomic E-state index is 12.9. The average Bonchev–Trinajstić information content (AvgIpc) is 3.18. The molecule has 1 atom stereocenters. The van der Waals surface area contributed by atoms with Gasteiger partial charge in [-0.1, -0.05) is 30.3 Å². The maximum Gasteiger partial charge on any atom is 0.313 e. The summed E-state index contributed by atoms with van der Waals surface area (Å²) in [5, 5.41) is 4.16. The van der Waals surface area contributed by atoms with Crippen molar-refractivity contribution in [3.63, 3.8) is 0 Å². The van der Waals surface area contributed by atoms with E-state index in [9.17, 15) is 9.59 Å². The Morgan fingerprint density at radius 2 is 1.97 bits per heavy atom. The first-order chi connectivity index (χ1) is 14.5. The highest BCUT2D eigenvalue weighted by atomic mass is 16.5. The van der Waals surface area contributed by atoms with Crippen LogP contribution in [0.15, 0.2) is 42.7 Å². The van der Waals surface area contributed by atoms with E-state index < -0.39 is 5.41 Å². The molecule has 2 heterocycles. The minimum atomic E-state index is -0.590. The molecule has 162 valence electrons. The summed E-state index contributed by atoms with van der Waals surface area (Å²) in [6, 6.07) is 10.3. The predicted molar refractivity (Wildman–Crippen MR) is 116 cm³/mol. The Hall–Kier alpha value is -2.63. The van der Waals surface area contributed by atoms with E-state index in [4.69, 9.17) is 4.74 Å². The smallest absolute Gasteiger partial charge is 0.313 e. The molecule has 0 radical (unpaired) electrons. The number of ether oxygens (including phenoxy) is 1. The summed E-state index contributed by atoms with van der Waals surface area (Å²) in [6.07, 6.45) is 9.05. The zero-order valence-corrected chi connectivity index (χ0v) is 18.2. The van der Waals surface area contributed by atoms with Crippen LogP contribution >= 0.6 is 0 Å². The van der Waals surface area contributed by atoms with Gasteiger partial charge in [0.2, 0.25) is 5.91 Å². The van der Waals surface area contributed by atoms with Gasteiger partial charge in [-0.15, -0.1) is 0 Å². The van der Waals surface area contributed by atoms with Crippen LogP contribution in [-0.2, 0) is 34.2 Å². The lowest BCUT2D eigenvalue weighted by Gasteiger charge is -2.41. The molecule has 1 aliphatic rings. The van der Waals surface area contributed by atoms with Gasteiger partial charge in [-0.3, -0.25) is 14.3 Å². The van der Waals surface area contributed by atoms with Gasteiger partial charge in [0.15, 0.2) is 0 Å². The van der Waals surface area contributed by atoms with Crippen molar-refractivity contribution >= 4 is 11.9 Å². The normalized spacial score (nSPS) is 18.9. The Morgan fingerprint density at radius 3 is 2.67 bits per heavy atom. The molecule has 3 rings (SSSR count). The Morgan fingerprint density at radius 1 is 1.17 bits per heavy atom. The van der Waals surface area contributed by atoms with Crippen molar-refractivity contribution in [2.75, 3.05) is 19.7 Å². The second-order valence-electron chi connectivity index (χ2n) is 8.28. The fourth-order valence-corrected chi connectivity index (χ4v) is 4.39. The number of carbonyl (C=O) groups excluding carboxylic acids is 2. The maximum atomic E-state index is 12.9.